The van der Waals surface area contributed by atoms with Gasteiger partial charge in [-0.2, -0.15) is 0 Å². The van der Waals surface area contributed by atoms with Crippen LogP contribution >= 0.6 is 0 Å². The van der Waals surface area contributed by atoms with Gasteiger partial charge in [0.15, 0.2) is 5.96 Å². The van der Waals surface area contributed by atoms with Gasteiger partial charge >= 0.3 is 5.97 Å². The molecule has 14 N–H and O–H groups in total. The molecule has 0 bridgehead atoms. The first kappa shape index (κ1) is 56.5. The van der Waals surface area contributed by atoms with E-state index in [1.165, 1.54) is 55.7 Å². The third-order valence-electron chi connectivity index (χ3n) is 11.8. The number of H-pyrrole nitrogens is 1. The van der Waals surface area contributed by atoms with Crippen molar-refractivity contribution < 1.29 is 53.3 Å². The maximum atomic E-state index is 14.4. The molecule has 24 nitrogen and oxygen atoms in total. The summed E-state index contributed by atoms with van der Waals surface area (Å²) >= 11 is 0. The van der Waals surface area contributed by atoms with Gasteiger partial charge in [0, 0.05) is 44.9 Å². The van der Waals surface area contributed by atoms with Crippen LogP contribution in [0, 0.1) is 11.8 Å². The summed E-state index contributed by atoms with van der Waals surface area (Å²) in [6.07, 6.45) is 3.14. The van der Waals surface area contributed by atoms with E-state index in [0.29, 0.717) is 30.5 Å². The number of likely N-dealkylation sites (N-methyl/N-ethyl adjacent to an activating group) is 1. The van der Waals surface area contributed by atoms with E-state index in [1.807, 2.05) is 0 Å². The zero-order valence-electron chi connectivity index (χ0n) is 40.4. The second kappa shape index (κ2) is 27.9. The Morgan fingerprint density at radius 2 is 1.49 bits per heavy atom. The zero-order valence-corrected chi connectivity index (χ0v) is 40.4. The monoisotopic (exact) mass is 970 g/mol. The quantitative estimate of drug-likeness (QED) is 0.0247. The number of carbonyl (C=O) groups is 8. The van der Waals surface area contributed by atoms with Crippen molar-refractivity contribution in [3.63, 3.8) is 0 Å². The molecule has 9 atom stereocenters. The highest BCUT2D eigenvalue weighted by Gasteiger charge is 2.41. The molecule has 1 saturated heterocycles. The fourth-order valence-electron chi connectivity index (χ4n) is 7.61. The molecule has 3 rings (SSSR count). The number of aromatic nitrogens is 2. The number of carbonyl (C=O) groups excluding carboxylic acids is 7. The largest absolute Gasteiger partial charge is 0.508 e. The second-order valence-electron chi connectivity index (χ2n) is 17.4. The molecular weight excluding hydrogens is 899 g/mol. The minimum atomic E-state index is -1.48. The summed E-state index contributed by atoms with van der Waals surface area (Å²) in [7, 11) is 2.87. The molecule has 69 heavy (non-hydrogen) atoms. The number of aliphatic carboxylic acids is 1. The number of imidazole rings is 1. The highest BCUT2D eigenvalue weighted by Crippen LogP contribution is 2.21. The molecule has 1 aliphatic heterocycles. The number of benzene rings is 1. The van der Waals surface area contributed by atoms with Gasteiger partial charge in [-0.05, 0) is 69.2 Å². The minimum Gasteiger partial charge on any atom is -0.508 e. The van der Waals surface area contributed by atoms with Crippen molar-refractivity contribution in [2.75, 3.05) is 33.8 Å². The number of hydrogen-bond acceptors (Lipinski definition) is 13. The van der Waals surface area contributed by atoms with Gasteiger partial charge in [0.25, 0.3) is 0 Å². The van der Waals surface area contributed by atoms with E-state index in [-0.39, 0.29) is 57.0 Å². The van der Waals surface area contributed by atoms with Crippen LogP contribution in [0.1, 0.15) is 78.0 Å². The molecule has 1 aromatic carbocycles. The van der Waals surface area contributed by atoms with Crippen LogP contribution in [0.4, 0.5) is 0 Å². The molecule has 7 amide bonds. The van der Waals surface area contributed by atoms with Gasteiger partial charge in [0.1, 0.15) is 48.0 Å². The first-order valence-electron chi connectivity index (χ1n) is 23.0. The van der Waals surface area contributed by atoms with Crippen LogP contribution in [0.5, 0.6) is 5.75 Å². The number of aliphatic imine (C=N–C) groups is 1. The number of methoxy groups -OCH3 is 1. The number of nitrogens with one attached hydrogen (secondary N) is 8. The van der Waals surface area contributed by atoms with Gasteiger partial charge in [-0.25, -0.2) is 9.78 Å². The van der Waals surface area contributed by atoms with Crippen molar-refractivity contribution in [1.82, 2.24) is 52.1 Å². The molecule has 1 aromatic heterocycles. The molecule has 382 valence electrons. The van der Waals surface area contributed by atoms with Crippen molar-refractivity contribution >= 4 is 53.3 Å². The molecule has 1 aliphatic rings. The molecule has 0 radical (unpaired) electrons. The molecule has 2 aromatic rings. The standard InChI is InChI=1S/C45H71N13O11/c1-8-25(4)36(44(67)68)56-40(63)33-12-10-18-58(33)43(66)32(20-28-21-49-23-51-28)54-42(65)37(26(5)69-7)57-39(62)31(19-27-13-15-29(59)16-14-27)53-41(64)35(24(2)3)55-38(61)30(52-34(60)22-48-6)11-9-17-50-45(46)47/h13-16,21,23-26,30-33,35-37,48,59H,8-12,17-20,22H2,1-7H3,(H,49,51)(H,52,60)(H,53,64)(H,54,65)(H,55,61)(H,56,63)(H,57,62)(H,67,68)(H4,46,47,50)/t25-,26+,30-,31-,32-,33-,35-,36-,37-/m0/s1. The van der Waals surface area contributed by atoms with E-state index in [1.54, 1.807) is 34.7 Å². The first-order valence-corrected chi connectivity index (χ1v) is 23.0. The van der Waals surface area contributed by atoms with Crippen LogP contribution in [0.2, 0.25) is 0 Å². The Hall–Kier alpha value is -6.82. The third-order valence-corrected chi connectivity index (χ3v) is 11.8. The Labute approximate surface area is 401 Å². The first-order chi connectivity index (χ1) is 32.7. The number of amides is 7. The molecule has 0 spiro atoms. The summed E-state index contributed by atoms with van der Waals surface area (Å²) in [5, 5.41) is 38.6. The molecule has 0 saturated carbocycles. The SMILES string of the molecule is CC[C@H](C)[C@H](NC(=O)[C@@H]1CCCN1C(=O)[C@H](Cc1cnc[nH]1)NC(=O)[C@@H](NC(=O)[C@H](Cc1ccc(O)cc1)NC(=O)[C@@H](NC(=O)[C@H](CCCN=C(N)N)NC(=O)CNC)C(C)C)[C@@H](C)OC)C(=O)O. The number of carboxylic acid groups (broad SMARTS) is 1. The average Bonchev–Trinajstić information content (AvgIpc) is 4.02. The number of rotatable bonds is 28. The van der Waals surface area contributed by atoms with Gasteiger partial charge in [0.2, 0.25) is 41.4 Å². The summed E-state index contributed by atoms with van der Waals surface area (Å²) in [6.45, 7) is 8.57. The van der Waals surface area contributed by atoms with Crippen LogP contribution in [0.15, 0.2) is 41.8 Å². The van der Waals surface area contributed by atoms with E-state index in [0.717, 1.165) is 0 Å². The number of phenols is 1. The van der Waals surface area contributed by atoms with Gasteiger partial charge in [-0.15, -0.1) is 0 Å². The second-order valence-corrected chi connectivity index (χ2v) is 17.4. The lowest BCUT2D eigenvalue weighted by atomic mass is 9.98. The number of aromatic amines is 1. The summed E-state index contributed by atoms with van der Waals surface area (Å²) in [5.41, 5.74) is 11.8. The summed E-state index contributed by atoms with van der Waals surface area (Å²) < 4.78 is 5.53. The predicted octanol–water partition coefficient (Wildman–Crippen LogP) is -2.11. The Morgan fingerprint density at radius 1 is 0.855 bits per heavy atom. The fraction of sp³-hybridized carbons (Fsp3) is 0.600. The predicted molar refractivity (Wildman–Crippen MR) is 253 cm³/mol. The van der Waals surface area contributed by atoms with E-state index < -0.39 is 108 Å². The van der Waals surface area contributed by atoms with E-state index in [4.69, 9.17) is 16.2 Å². The van der Waals surface area contributed by atoms with Gasteiger partial charge in [-0.1, -0.05) is 46.2 Å². The molecular formula is C45H71N13O11. The number of aromatic hydroxyl groups is 1. The Bertz CT molecular complexity index is 2070. The van der Waals surface area contributed by atoms with Crippen molar-refractivity contribution in [2.24, 2.45) is 28.3 Å². The number of guanidine groups is 1. The van der Waals surface area contributed by atoms with Gasteiger partial charge < -0.3 is 73.5 Å². The van der Waals surface area contributed by atoms with Crippen LogP contribution in [0.3, 0.4) is 0 Å². The number of likely N-dealkylation sites (tertiary alicyclic amines) is 1. The Balaban J connectivity index is 1.92. The van der Waals surface area contributed by atoms with E-state index in [2.05, 4.69) is 52.2 Å². The van der Waals surface area contributed by atoms with Gasteiger partial charge in [-0.3, -0.25) is 38.6 Å². The lowest BCUT2D eigenvalue weighted by Gasteiger charge is -2.32. The number of carboxylic acids is 1. The Kier molecular flexibility index (Phi) is 22.8. The maximum absolute atomic E-state index is 14.4. The van der Waals surface area contributed by atoms with E-state index in [9.17, 15) is 48.6 Å². The fourth-order valence-corrected chi connectivity index (χ4v) is 7.61. The van der Waals surface area contributed by atoms with Crippen molar-refractivity contribution in [2.45, 2.75) is 128 Å². The summed E-state index contributed by atoms with van der Waals surface area (Å²) in [4.78, 5) is 121. The number of nitrogens with two attached hydrogens (primary N) is 2. The van der Waals surface area contributed by atoms with Crippen LogP contribution in [-0.2, 0) is 55.9 Å². The maximum Gasteiger partial charge on any atom is 0.326 e. The number of phenolic OH excluding ortho intramolecular Hbond substituents is 1. The molecule has 0 unspecified atom stereocenters. The van der Waals surface area contributed by atoms with Crippen LogP contribution in [-0.4, -0.2) is 161 Å². The van der Waals surface area contributed by atoms with Crippen molar-refractivity contribution in [3.05, 3.63) is 48.0 Å². The smallest absolute Gasteiger partial charge is 0.326 e. The van der Waals surface area contributed by atoms with Crippen molar-refractivity contribution in [1.29, 1.82) is 0 Å². The van der Waals surface area contributed by atoms with Crippen LogP contribution < -0.4 is 48.7 Å². The normalized spacial score (nSPS) is 16.9. The molecule has 2 heterocycles. The number of hydrogen-bond donors (Lipinski definition) is 12. The molecule has 1 fully saturated rings. The molecule has 0 aliphatic carbocycles. The topological polar surface area (TPSA) is 367 Å². The number of nitrogens with zero attached hydrogens (tertiary/aromatic N) is 3. The number of ether oxygens (including phenoxy) is 1. The zero-order chi connectivity index (χ0) is 51.4. The average molecular weight is 970 g/mol. The van der Waals surface area contributed by atoms with Crippen LogP contribution in [0.25, 0.3) is 0 Å². The summed E-state index contributed by atoms with van der Waals surface area (Å²) in [5.74, 6) is -7.27. The highest BCUT2D eigenvalue weighted by atomic mass is 16.5. The van der Waals surface area contributed by atoms with E-state index >= 15 is 0 Å². The summed E-state index contributed by atoms with van der Waals surface area (Å²) in [6, 6.07) is -2.88. The minimum absolute atomic E-state index is 0.0534. The highest BCUT2D eigenvalue weighted by molar-refractivity contribution is 5.98. The van der Waals surface area contributed by atoms with Gasteiger partial charge in [0.05, 0.1) is 19.0 Å². The third kappa shape index (κ3) is 17.7. The lowest BCUT2D eigenvalue weighted by Crippen LogP contribution is -2.62. The Morgan fingerprint density at radius 3 is 2.07 bits per heavy atom. The lowest BCUT2D eigenvalue weighted by molar-refractivity contribution is -0.146. The van der Waals surface area contributed by atoms with Crippen molar-refractivity contribution in [3.8, 4) is 5.75 Å². The molecule has 24 heteroatoms.